The second kappa shape index (κ2) is 4.34. The van der Waals surface area contributed by atoms with Crippen molar-refractivity contribution >= 4 is 22.8 Å². The van der Waals surface area contributed by atoms with Gasteiger partial charge in [0.2, 0.25) is 5.95 Å². The molecule has 0 fully saturated rings. The van der Waals surface area contributed by atoms with E-state index >= 15 is 0 Å². The molecule has 0 saturated heterocycles. The second-order valence-corrected chi connectivity index (χ2v) is 6.20. The third kappa shape index (κ3) is 2.10. The highest BCUT2D eigenvalue weighted by Gasteiger charge is 2.24. The van der Waals surface area contributed by atoms with Crippen LogP contribution >= 0.6 is 0 Å². The largest absolute Gasteiger partial charge is 0.389 e. The summed E-state index contributed by atoms with van der Waals surface area (Å²) in [6.45, 7) is 3.91. The Labute approximate surface area is 117 Å². The first kappa shape index (κ1) is 13.2. The quantitative estimate of drug-likeness (QED) is 0.765. The monoisotopic (exact) mass is 275 g/mol. The van der Waals surface area contributed by atoms with Crippen molar-refractivity contribution in [2.45, 2.75) is 51.7 Å². The topological polar surface area (TPSA) is 103 Å². The van der Waals surface area contributed by atoms with Crippen LogP contribution in [0.25, 0.3) is 11.0 Å². The Bertz CT molecular complexity index is 668. The van der Waals surface area contributed by atoms with Crippen LogP contribution in [0.2, 0.25) is 0 Å². The van der Waals surface area contributed by atoms with Crippen molar-refractivity contribution in [3.8, 4) is 0 Å². The Morgan fingerprint density at radius 1 is 1.20 bits per heavy atom. The van der Waals surface area contributed by atoms with E-state index in [2.05, 4.69) is 9.97 Å². The Kier molecular flexibility index (Phi) is 2.86. The van der Waals surface area contributed by atoms with Gasteiger partial charge in [0.1, 0.15) is 5.52 Å². The lowest BCUT2D eigenvalue weighted by atomic mass is 9.94. The van der Waals surface area contributed by atoms with Gasteiger partial charge in [0.05, 0.1) is 17.7 Å². The molecule has 2 aromatic rings. The lowest BCUT2D eigenvalue weighted by molar-refractivity contribution is 0.0632. The molecular weight excluding hydrogens is 254 g/mol. The fourth-order valence-electron chi connectivity index (χ4n) is 2.97. The van der Waals surface area contributed by atoms with Crippen LogP contribution in [-0.2, 0) is 19.4 Å². The lowest BCUT2D eigenvalue weighted by Crippen LogP contribution is -2.27. The summed E-state index contributed by atoms with van der Waals surface area (Å²) >= 11 is 0. The summed E-state index contributed by atoms with van der Waals surface area (Å²) in [7, 11) is 0. The fraction of sp³-hybridized carbons (Fsp3) is 0.571. The van der Waals surface area contributed by atoms with Crippen molar-refractivity contribution in [3.05, 3.63) is 11.3 Å². The molecule has 2 aromatic heterocycles. The SMILES string of the molecule is CC(C)(O)Cn1c(N)nc2c(N)nc3c(c21)CCCC3. The predicted octanol–water partition coefficient (Wildman–Crippen LogP) is 1.25. The number of imidazole rings is 1. The summed E-state index contributed by atoms with van der Waals surface area (Å²) in [6, 6.07) is 0. The van der Waals surface area contributed by atoms with Crippen LogP contribution in [0.4, 0.5) is 11.8 Å². The zero-order chi connectivity index (χ0) is 14.5. The van der Waals surface area contributed by atoms with Crippen LogP contribution in [0.1, 0.15) is 37.9 Å². The molecule has 0 unspecified atom stereocenters. The van der Waals surface area contributed by atoms with Gasteiger partial charge < -0.3 is 21.1 Å². The van der Waals surface area contributed by atoms with E-state index in [0.29, 0.717) is 23.8 Å². The van der Waals surface area contributed by atoms with Gasteiger partial charge in [-0.15, -0.1) is 0 Å². The van der Waals surface area contributed by atoms with Crippen LogP contribution < -0.4 is 11.5 Å². The molecule has 0 amide bonds. The third-order valence-electron chi connectivity index (χ3n) is 3.76. The van der Waals surface area contributed by atoms with E-state index in [0.717, 1.165) is 36.9 Å². The Morgan fingerprint density at radius 3 is 2.60 bits per heavy atom. The van der Waals surface area contributed by atoms with Gasteiger partial charge in [-0.25, -0.2) is 9.97 Å². The highest BCUT2D eigenvalue weighted by molar-refractivity contribution is 5.90. The summed E-state index contributed by atoms with van der Waals surface area (Å²) in [4.78, 5) is 8.82. The van der Waals surface area contributed by atoms with E-state index in [9.17, 15) is 5.11 Å². The molecule has 5 N–H and O–H groups in total. The highest BCUT2D eigenvalue weighted by Crippen LogP contribution is 2.32. The molecule has 0 saturated carbocycles. The van der Waals surface area contributed by atoms with E-state index in [1.54, 1.807) is 13.8 Å². The number of hydrogen-bond acceptors (Lipinski definition) is 5. The number of fused-ring (bicyclic) bond motifs is 3. The van der Waals surface area contributed by atoms with Crippen molar-refractivity contribution in [1.29, 1.82) is 0 Å². The van der Waals surface area contributed by atoms with Crippen LogP contribution in [0.5, 0.6) is 0 Å². The molecule has 6 nitrogen and oxygen atoms in total. The van der Waals surface area contributed by atoms with Crippen LogP contribution in [0, 0.1) is 0 Å². The summed E-state index contributed by atoms with van der Waals surface area (Å²) in [5, 5.41) is 10.1. The second-order valence-electron chi connectivity index (χ2n) is 6.20. The Balaban J connectivity index is 2.29. The number of pyridine rings is 1. The summed E-state index contributed by atoms with van der Waals surface area (Å²) in [5.41, 5.74) is 15.0. The maximum absolute atomic E-state index is 10.1. The summed E-state index contributed by atoms with van der Waals surface area (Å²) in [6.07, 6.45) is 4.19. The Hall–Kier alpha value is -1.82. The van der Waals surface area contributed by atoms with E-state index < -0.39 is 5.60 Å². The molecule has 1 aliphatic carbocycles. The first-order chi connectivity index (χ1) is 9.37. The van der Waals surface area contributed by atoms with Crippen molar-refractivity contribution in [1.82, 2.24) is 14.5 Å². The smallest absolute Gasteiger partial charge is 0.201 e. The predicted molar refractivity (Wildman–Crippen MR) is 79.3 cm³/mol. The molecule has 20 heavy (non-hydrogen) atoms. The van der Waals surface area contributed by atoms with Gasteiger partial charge in [0.15, 0.2) is 5.82 Å². The van der Waals surface area contributed by atoms with Crippen molar-refractivity contribution in [2.24, 2.45) is 0 Å². The van der Waals surface area contributed by atoms with Crippen molar-refractivity contribution in [2.75, 3.05) is 11.5 Å². The van der Waals surface area contributed by atoms with Gasteiger partial charge in [-0.2, -0.15) is 0 Å². The minimum Gasteiger partial charge on any atom is -0.389 e. The van der Waals surface area contributed by atoms with E-state index in [1.807, 2.05) is 4.57 Å². The summed E-state index contributed by atoms with van der Waals surface area (Å²) < 4.78 is 1.87. The van der Waals surface area contributed by atoms with Gasteiger partial charge >= 0.3 is 0 Å². The fourth-order valence-corrected chi connectivity index (χ4v) is 2.97. The number of rotatable bonds is 2. The average Bonchev–Trinajstić information content (AvgIpc) is 2.66. The Morgan fingerprint density at radius 2 is 1.90 bits per heavy atom. The number of nitrogens with zero attached hydrogens (tertiary/aromatic N) is 3. The number of aliphatic hydroxyl groups is 1. The zero-order valence-corrected chi connectivity index (χ0v) is 12.0. The number of aryl methyl sites for hydroxylation is 2. The molecule has 2 heterocycles. The number of nitrogens with two attached hydrogens (primary N) is 2. The number of nitrogen functional groups attached to an aromatic ring is 2. The molecule has 0 spiro atoms. The third-order valence-corrected chi connectivity index (χ3v) is 3.76. The van der Waals surface area contributed by atoms with Gasteiger partial charge in [0, 0.05) is 5.69 Å². The first-order valence-corrected chi connectivity index (χ1v) is 7.02. The van der Waals surface area contributed by atoms with Crippen molar-refractivity contribution < 1.29 is 5.11 Å². The standard InChI is InChI=1S/C14H21N5O/c1-14(2,20)7-19-11-8-5-3-4-6-9(8)17-12(15)10(11)18-13(19)16/h20H,3-7H2,1-2H3,(H2,15,17)(H2,16,18). The minimum absolute atomic E-state index is 0.384. The highest BCUT2D eigenvalue weighted by atomic mass is 16.3. The normalized spacial score (nSPS) is 15.6. The molecule has 0 aromatic carbocycles. The number of anilines is 2. The number of aromatic nitrogens is 3. The molecule has 6 heteroatoms. The number of hydrogen-bond donors (Lipinski definition) is 3. The van der Waals surface area contributed by atoms with Gasteiger partial charge in [0.25, 0.3) is 0 Å². The van der Waals surface area contributed by atoms with E-state index in [4.69, 9.17) is 11.5 Å². The molecule has 108 valence electrons. The van der Waals surface area contributed by atoms with E-state index in [1.165, 1.54) is 5.56 Å². The maximum atomic E-state index is 10.1. The lowest BCUT2D eigenvalue weighted by Gasteiger charge is -2.22. The maximum Gasteiger partial charge on any atom is 0.201 e. The molecule has 1 aliphatic rings. The van der Waals surface area contributed by atoms with E-state index in [-0.39, 0.29) is 0 Å². The van der Waals surface area contributed by atoms with Crippen LogP contribution in [0.15, 0.2) is 0 Å². The zero-order valence-electron chi connectivity index (χ0n) is 12.0. The first-order valence-electron chi connectivity index (χ1n) is 7.02. The minimum atomic E-state index is -0.860. The molecule has 0 radical (unpaired) electrons. The van der Waals surface area contributed by atoms with Gasteiger partial charge in [-0.1, -0.05) is 0 Å². The van der Waals surface area contributed by atoms with Crippen LogP contribution in [-0.4, -0.2) is 25.2 Å². The average molecular weight is 275 g/mol. The van der Waals surface area contributed by atoms with Gasteiger partial charge in [-0.05, 0) is 45.1 Å². The molecular formula is C14H21N5O. The van der Waals surface area contributed by atoms with Crippen molar-refractivity contribution in [3.63, 3.8) is 0 Å². The summed E-state index contributed by atoms with van der Waals surface area (Å²) in [5.74, 6) is 0.816. The molecule has 0 atom stereocenters. The molecule has 3 rings (SSSR count). The molecule has 0 aliphatic heterocycles. The molecule has 0 bridgehead atoms. The van der Waals surface area contributed by atoms with Gasteiger partial charge in [-0.3, -0.25) is 0 Å². The van der Waals surface area contributed by atoms with Crippen LogP contribution in [0.3, 0.4) is 0 Å².